The van der Waals surface area contributed by atoms with Crippen molar-refractivity contribution in [3.8, 4) is 23.1 Å². The molecule has 10 nitrogen and oxygen atoms in total. The molecule has 0 radical (unpaired) electrons. The highest BCUT2D eigenvalue weighted by molar-refractivity contribution is 5.89. The summed E-state index contributed by atoms with van der Waals surface area (Å²) in [5.74, 6) is 0.284. The Hall–Kier alpha value is -4.70. The van der Waals surface area contributed by atoms with Crippen LogP contribution in [0.5, 0.6) is 5.88 Å². The second-order valence-corrected chi connectivity index (χ2v) is 11.0. The van der Waals surface area contributed by atoms with Crippen LogP contribution in [0, 0.1) is 11.3 Å². The van der Waals surface area contributed by atoms with E-state index in [1.807, 2.05) is 49.2 Å². The van der Waals surface area contributed by atoms with Crippen LogP contribution in [0.4, 0.5) is 18.9 Å². The van der Waals surface area contributed by atoms with Crippen molar-refractivity contribution in [2.24, 2.45) is 0 Å². The number of nitriles is 1. The fourth-order valence-corrected chi connectivity index (χ4v) is 5.88. The molecular formula is C32H35F3N6O4. The predicted octanol–water partition coefficient (Wildman–Crippen LogP) is 4.49. The first-order valence-electron chi connectivity index (χ1n) is 14.5. The molecule has 4 heterocycles. The Kier molecular flexibility index (Phi) is 10.6. The van der Waals surface area contributed by atoms with Crippen LogP contribution in [-0.2, 0) is 21.2 Å². The van der Waals surface area contributed by atoms with Gasteiger partial charge < -0.3 is 25.0 Å². The zero-order valence-electron chi connectivity index (χ0n) is 25.0. The number of amides is 1. The molecule has 0 spiro atoms. The molecular weight excluding hydrogens is 589 g/mol. The minimum absolute atomic E-state index is 0.0125. The number of carbonyl (C=O) groups excluding carboxylic acids is 1. The molecule has 3 aromatic rings. The molecule has 1 aromatic carbocycles. The monoisotopic (exact) mass is 624 g/mol. The Morgan fingerprint density at radius 3 is 2.53 bits per heavy atom. The molecule has 2 N–H and O–H groups in total. The van der Waals surface area contributed by atoms with Crippen molar-refractivity contribution >= 4 is 18.1 Å². The van der Waals surface area contributed by atoms with E-state index in [2.05, 4.69) is 15.2 Å². The van der Waals surface area contributed by atoms with Crippen LogP contribution in [0.15, 0.2) is 54.9 Å². The van der Waals surface area contributed by atoms with Crippen molar-refractivity contribution in [3.63, 3.8) is 0 Å². The number of anilines is 1. The second kappa shape index (κ2) is 14.4. The van der Waals surface area contributed by atoms with Gasteiger partial charge in [0.2, 0.25) is 11.8 Å². The fourth-order valence-electron chi connectivity index (χ4n) is 5.88. The molecule has 13 heteroatoms. The number of likely N-dealkylation sites (N-methyl/N-ethyl adjacent to an activating group) is 1. The summed E-state index contributed by atoms with van der Waals surface area (Å²) >= 11 is 0. The fraction of sp³-hybridized carbons (Fsp3) is 0.406. The molecule has 0 aliphatic carbocycles. The van der Waals surface area contributed by atoms with E-state index in [4.69, 9.17) is 19.6 Å². The number of nitrogens with one attached hydrogen (secondary N) is 1. The van der Waals surface area contributed by atoms with E-state index < -0.39 is 17.2 Å². The van der Waals surface area contributed by atoms with Crippen molar-refractivity contribution in [2.45, 2.75) is 43.8 Å². The number of halogens is 3. The van der Waals surface area contributed by atoms with Crippen molar-refractivity contribution < 1.29 is 32.6 Å². The van der Waals surface area contributed by atoms with E-state index in [1.54, 1.807) is 12.4 Å². The van der Waals surface area contributed by atoms with E-state index >= 15 is 0 Å². The number of aromatic nitrogens is 2. The summed E-state index contributed by atoms with van der Waals surface area (Å²) in [5.41, 5.74) is 0.707. The van der Waals surface area contributed by atoms with Crippen LogP contribution >= 0.6 is 0 Å². The smallest absolute Gasteiger partial charge is 0.416 e. The number of pyridine rings is 2. The van der Waals surface area contributed by atoms with Gasteiger partial charge in [0.25, 0.3) is 6.47 Å². The van der Waals surface area contributed by atoms with Crippen LogP contribution in [-0.4, -0.2) is 78.2 Å². The average Bonchev–Trinajstić information content (AvgIpc) is 3.45. The molecule has 2 aliphatic rings. The number of alkyl halides is 3. The largest absolute Gasteiger partial charge is 0.483 e. The first kappa shape index (κ1) is 33.2. The summed E-state index contributed by atoms with van der Waals surface area (Å²) < 4.78 is 45.8. The maximum atomic E-state index is 14.1. The molecule has 2 fully saturated rings. The van der Waals surface area contributed by atoms with Gasteiger partial charge in [0.15, 0.2) is 0 Å². The van der Waals surface area contributed by atoms with Crippen molar-refractivity contribution in [3.05, 3.63) is 71.7 Å². The highest BCUT2D eigenvalue weighted by Crippen LogP contribution is 2.41. The summed E-state index contributed by atoms with van der Waals surface area (Å²) in [5, 5.41) is 19.8. The van der Waals surface area contributed by atoms with Crippen LogP contribution in [0.2, 0.25) is 0 Å². The van der Waals surface area contributed by atoms with E-state index in [-0.39, 0.29) is 24.0 Å². The number of hydrogen-bond donors (Lipinski definition) is 2. The summed E-state index contributed by atoms with van der Waals surface area (Å²) in [6.07, 6.45) is 0.440. The third kappa shape index (κ3) is 7.51. The van der Waals surface area contributed by atoms with E-state index in [9.17, 15) is 23.2 Å². The molecule has 1 atom stereocenters. The number of carbonyl (C=O) groups is 2. The molecule has 1 amide bonds. The number of likely N-dealkylation sites (tertiary alicyclic amines) is 1. The molecule has 5 rings (SSSR count). The lowest BCUT2D eigenvalue weighted by molar-refractivity contribution is -0.137. The Morgan fingerprint density at radius 1 is 1.22 bits per heavy atom. The number of nitrogens with zero attached hydrogens (tertiary/aromatic N) is 5. The highest BCUT2D eigenvalue weighted by Gasteiger charge is 2.46. The SMILES string of the molecule is CCOc1nc(C2(C(=O)N[C@@H]3CCN(C)C3)CCN(c3ccc(C(F)(F)F)cc3C#N)CC2)ccc1-c1cccnc1.O=CO. The lowest BCUT2D eigenvalue weighted by atomic mass is 9.73. The van der Waals surface area contributed by atoms with Gasteiger partial charge in [0.1, 0.15) is 6.07 Å². The topological polar surface area (TPSA) is 132 Å². The third-order valence-corrected chi connectivity index (χ3v) is 8.17. The molecule has 45 heavy (non-hydrogen) atoms. The summed E-state index contributed by atoms with van der Waals surface area (Å²) in [6.45, 7) is 4.36. The lowest BCUT2D eigenvalue weighted by Crippen LogP contribution is -2.54. The Labute approximate surface area is 259 Å². The summed E-state index contributed by atoms with van der Waals surface area (Å²) in [7, 11) is 2.02. The van der Waals surface area contributed by atoms with Gasteiger partial charge in [-0.05, 0) is 76.2 Å². The van der Waals surface area contributed by atoms with Crippen molar-refractivity contribution in [1.82, 2.24) is 20.2 Å². The van der Waals surface area contributed by atoms with Crippen LogP contribution in [0.3, 0.4) is 0 Å². The number of carboxylic acid groups (broad SMARTS) is 1. The molecule has 2 aliphatic heterocycles. The van der Waals surface area contributed by atoms with Crippen molar-refractivity contribution in [1.29, 1.82) is 5.26 Å². The van der Waals surface area contributed by atoms with E-state index in [0.717, 1.165) is 42.8 Å². The normalized spacial score (nSPS) is 17.9. The lowest BCUT2D eigenvalue weighted by Gasteiger charge is -2.42. The van der Waals surface area contributed by atoms with Gasteiger partial charge in [-0.3, -0.25) is 14.6 Å². The van der Waals surface area contributed by atoms with Gasteiger partial charge in [-0.2, -0.15) is 18.4 Å². The third-order valence-electron chi connectivity index (χ3n) is 8.17. The first-order valence-corrected chi connectivity index (χ1v) is 14.5. The van der Waals surface area contributed by atoms with Gasteiger partial charge in [-0.25, -0.2) is 4.98 Å². The van der Waals surface area contributed by atoms with Gasteiger partial charge in [-0.1, -0.05) is 6.07 Å². The molecule has 238 valence electrons. The van der Waals surface area contributed by atoms with E-state index in [1.165, 1.54) is 6.07 Å². The van der Waals surface area contributed by atoms with Gasteiger partial charge in [-0.15, -0.1) is 0 Å². The number of ether oxygens (including phenoxy) is 1. The number of hydrogen-bond acceptors (Lipinski definition) is 8. The van der Waals surface area contributed by atoms with Crippen LogP contribution in [0.1, 0.15) is 43.0 Å². The van der Waals surface area contributed by atoms with E-state index in [0.29, 0.717) is 49.8 Å². The highest BCUT2D eigenvalue weighted by atomic mass is 19.4. The number of benzene rings is 1. The zero-order valence-corrected chi connectivity index (χ0v) is 25.0. The standard InChI is InChI=1S/C31H33F3N6O2.CH2O2/c1-3-42-28-25(21-5-4-13-36-19-21)7-9-27(38-28)30(29(41)37-24-10-14-39(2)20-24)11-15-40(16-12-30)26-8-6-23(31(32,33)34)17-22(26)18-35;2-1-3/h4-9,13,17,19,24H,3,10-12,14-16,20H2,1-2H3,(H,37,41);1H,(H,2,3)/t24-;/m1./s1. The van der Waals surface area contributed by atoms with Gasteiger partial charge in [0, 0.05) is 49.2 Å². The maximum Gasteiger partial charge on any atom is 0.416 e. The van der Waals surface area contributed by atoms with Gasteiger partial charge in [0.05, 0.1) is 34.5 Å². The quantitative estimate of drug-likeness (QED) is 0.365. The minimum Gasteiger partial charge on any atom is -0.483 e. The second-order valence-electron chi connectivity index (χ2n) is 11.0. The molecule has 2 aromatic heterocycles. The average molecular weight is 625 g/mol. The Morgan fingerprint density at radius 2 is 1.96 bits per heavy atom. The summed E-state index contributed by atoms with van der Waals surface area (Å²) in [4.78, 5) is 35.6. The summed E-state index contributed by atoms with van der Waals surface area (Å²) in [6, 6.07) is 12.7. The van der Waals surface area contributed by atoms with Crippen LogP contribution < -0.4 is 15.0 Å². The van der Waals surface area contributed by atoms with Crippen molar-refractivity contribution in [2.75, 3.05) is 44.7 Å². The van der Waals surface area contributed by atoms with Gasteiger partial charge >= 0.3 is 6.18 Å². The molecule has 0 saturated carbocycles. The zero-order chi connectivity index (χ0) is 32.6. The predicted molar refractivity (Wildman–Crippen MR) is 161 cm³/mol. The molecule has 0 bridgehead atoms. The first-order chi connectivity index (χ1) is 21.6. The number of rotatable bonds is 7. The van der Waals surface area contributed by atoms with Crippen LogP contribution in [0.25, 0.3) is 11.1 Å². The molecule has 0 unspecified atom stereocenters. The Balaban J connectivity index is 0.00000148. The minimum atomic E-state index is -4.54. The number of piperidine rings is 1. The Bertz CT molecular complexity index is 1520. The maximum absolute atomic E-state index is 14.1. The molecule has 2 saturated heterocycles.